The summed E-state index contributed by atoms with van der Waals surface area (Å²) in [6, 6.07) is 0. The van der Waals surface area contributed by atoms with E-state index in [2.05, 4.69) is 47.1 Å². The molecule has 0 radical (unpaired) electrons. The van der Waals surface area contributed by atoms with Crippen molar-refractivity contribution in [3.8, 4) is 0 Å². The number of thiazole rings is 1. The second-order valence-electron chi connectivity index (χ2n) is 3.53. The van der Waals surface area contributed by atoms with E-state index in [0.717, 1.165) is 11.0 Å². The second kappa shape index (κ2) is 3.23. The summed E-state index contributed by atoms with van der Waals surface area (Å²) in [5, 5.41) is 4.18. The molecule has 1 rings (SSSR count). The van der Waals surface area contributed by atoms with Crippen LogP contribution in [0, 0.1) is 0 Å². The second-order valence-corrected chi connectivity index (χ2v) is 4.95. The monoisotopic (exact) mass is 233 g/mol. The number of rotatable bonds is 1. The lowest BCUT2D eigenvalue weighted by atomic mass is 9.98. The van der Waals surface area contributed by atoms with Crippen LogP contribution in [0.2, 0.25) is 0 Å². The lowest BCUT2D eigenvalue weighted by Gasteiger charge is -2.13. The lowest BCUT2D eigenvalue weighted by molar-refractivity contribution is 0.584. The highest BCUT2D eigenvalue weighted by atomic mass is 79.9. The first-order chi connectivity index (χ1) is 5.04. The fraction of sp³-hybridized carbons (Fsp3) is 0.625. The van der Waals surface area contributed by atoms with E-state index in [1.165, 1.54) is 5.01 Å². The Labute approximate surface area is 80.0 Å². The van der Waals surface area contributed by atoms with Gasteiger partial charge in [-0.2, -0.15) is 0 Å². The third-order valence-electron chi connectivity index (χ3n) is 1.33. The molecule has 1 heterocycles. The highest BCUT2D eigenvalue weighted by Crippen LogP contribution is 2.25. The highest BCUT2D eigenvalue weighted by molar-refractivity contribution is 9.08. The first-order valence-electron chi connectivity index (χ1n) is 3.55. The van der Waals surface area contributed by atoms with Crippen LogP contribution in [0.3, 0.4) is 0 Å². The average molecular weight is 234 g/mol. The van der Waals surface area contributed by atoms with Crippen LogP contribution in [-0.2, 0) is 10.7 Å². The van der Waals surface area contributed by atoms with Gasteiger partial charge in [0.1, 0.15) is 0 Å². The van der Waals surface area contributed by atoms with E-state index >= 15 is 0 Å². The summed E-state index contributed by atoms with van der Waals surface area (Å²) in [5.41, 5.74) is 1.34. The number of hydrogen-bond acceptors (Lipinski definition) is 2. The molecular formula is C8H12BrNS. The van der Waals surface area contributed by atoms with Crippen LogP contribution < -0.4 is 0 Å². The van der Waals surface area contributed by atoms with Crippen LogP contribution in [0.4, 0.5) is 0 Å². The third kappa shape index (κ3) is 2.27. The molecule has 1 aromatic heterocycles. The first-order valence-corrected chi connectivity index (χ1v) is 5.55. The van der Waals surface area contributed by atoms with Gasteiger partial charge in [-0.15, -0.1) is 11.3 Å². The Balaban J connectivity index is 2.89. The molecule has 0 saturated heterocycles. The van der Waals surface area contributed by atoms with E-state index in [-0.39, 0.29) is 5.41 Å². The molecule has 0 unspecified atom stereocenters. The molecule has 0 aliphatic carbocycles. The minimum Gasteiger partial charge on any atom is -0.245 e. The summed E-state index contributed by atoms with van der Waals surface area (Å²) in [6.07, 6.45) is 0. The van der Waals surface area contributed by atoms with Crippen molar-refractivity contribution in [1.82, 2.24) is 4.98 Å². The molecule has 3 heteroatoms. The Morgan fingerprint density at radius 3 is 2.45 bits per heavy atom. The van der Waals surface area contributed by atoms with Crippen molar-refractivity contribution in [3.63, 3.8) is 0 Å². The van der Waals surface area contributed by atoms with Crippen molar-refractivity contribution in [2.24, 2.45) is 0 Å². The Kier molecular flexibility index (Phi) is 2.70. The fourth-order valence-corrected chi connectivity index (χ4v) is 2.12. The first kappa shape index (κ1) is 9.20. The molecule has 0 amide bonds. The largest absolute Gasteiger partial charge is 0.245 e. The molecule has 0 N–H and O–H groups in total. The number of halogens is 1. The van der Waals surface area contributed by atoms with Crippen LogP contribution in [-0.4, -0.2) is 4.98 Å². The molecule has 62 valence electrons. The van der Waals surface area contributed by atoms with Crippen molar-refractivity contribution < 1.29 is 0 Å². The molecule has 0 fully saturated rings. The summed E-state index contributed by atoms with van der Waals surface area (Å²) in [4.78, 5) is 4.47. The zero-order valence-corrected chi connectivity index (χ0v) is 9.42. The maximum atomic E-state index is 4.47. The minimum absolute atomic E-state index is 0.199. The van der Waals surface area contributed by atoms with Gasteiger partial charge in [-0.1, -0.05) is 36.7 Å². The quantitative estimate of drug-likeness (QED) is 0.679. The third-order valence-corrected chi connectivity index (χ3v) is 3.22. The summed E-state index contributed by atoms with van der Waals surface area (Å²) in [5.74, 6) is 0. The summed E-state index contributed by atoms with van der Waals surface area (Å²) in [7, 11) is 0. The maximum Gasteiger partial charge on any atom is 0.0982 e. The number of alkyl halides is 1. The van der Waals surface area contributed by atoms with Gasteiger partial charge in [-0.3, -0.25) is 0 Å². The van der Waals surface area contributed by atoms with E-state index < -0.39 is 0 Å². The van der Waals surface area contributed by atoms with Crippen LogP contribution in [0.25, 0.3) is 0 Å². The molecule has 0 atom stereocenters. The summed E-state index contributed by atoms with van der Waals surface area (Å²) in [6.45, 7) is 6.55. The van der Waals surface area contributed by atoms with Gasteiger partial charge in [0, 0.05) is 16.1 Å². The summed E-state index contributed by atoms with van der Waals surface area (Å²) >= 11 is 5.12. The van der Waals surface area contributed by atoms with Gasteiger partial charge < -0.3 is 0 Å². The molecule has 11 heavy (non-hydrogen) atoms. The zero-order chi connectivity index (χ0) is 8.48. The molecule has 0 aromatic carbocycles. The smallest absolute Gasteiger partial charge is 0.0982 e. The Morgan fingerprint density at radius 2 is 2.18 bits per heavy atom. The Bertz CT molecular complexity index is 236. The van der Waals surface area contributed by atoms with E-state index in [4.69, 9.17) is 0 Å². The molecular weight excluding hydrogens is 222 g/mol. The molecule has 0 bridgehead atoms. The number of nitrogens with zero attached hydrogens (tertiary/aromatic N) is 1. The highest BCUT2D eigenvalue weighted by Gasteiger charge is 2.17. The molecule has 0 saturated carbocycles. The maximum absolute atomic E-state index is 4.47. The lowest BCUT2D eigenvalue weighted by Crippen LogP contribution is -2.10. The van der Waals surface area contributed by atoms with Crippen LogP contribution >= 0.6 is 27.3 Å². The predicted octanol–water partition coefficient (Wildman–Crippen LogP) is 3.34. The Hall–Kier alpha value is 0.110. The van der Waals surface area contributed by atoms with Crippen molar-refractivity contribution in [3.05, 3.63) is 16.1 Å². The van der Waals surface area contributed by atoms with Crippen LogP contribution in [0.5, 0.6) is 0 Å². The normalized spacial score (nSPS) is 12.0. The van der Waals surface area contributed by atoms with Gasteiger partial charge in [0.25, 0.3) is 0 Å². The zero-order valence-electron chi connectivity index (χ0n) is 7.02. The number of aromatic nitrogens is 1. The van der Waals surface area contributed by atoms with Crippen LogP contribution in [0.1, 0.15) is 31.5 Å². The minimum atomic E-state index is 0.199. The average Bonchev–Trinajstić information content (AvgIpc) is 2.32. The van der Waals surface area contributed by atoms with Gasteiger partial charge in [0.2, 0.25) is 0 Å². The predicted molar refractivity (Wildman–Crippen MR) is 53.4 cm³/mol. The topological polar surface area (TPSA) is 12.9 Å². The molecule has 0 aliphatic rings. The van der Waals surface area contributed by atoms with Gasteiger partial charge in [-0.25, -0.2) is 4.98 Å². The summed E-state index contributed by atoms with van der Waals surface area (Å²) < 4.78 is 0. The van der Waals surface area contributed by atoms with Crippen molar-refractivity contribution >= 4 is 27.3 Å². The van der Waals surface area contributed by atoms with Crippen molar-refractivity contribution in [2.75, 3.05) is 0 Å². The van der Waals surface area contributed by atoms with E-state index in [1.54, 1.807) is 11.3 Å². The van der Waals surface area contributed by atoms with Crippen molar-refractivity contribution in [1.29, 1.82) is 0 Å². The van der Waals surface area contributed by atoms with Crippen molar-refractivity contribution in [2.45, 2.75) is 31.5 Å². The van der Waals surface area contributed by atoms with Gasteiger partial charge in [0.05, 0.1) is 10.7 Å². The van der Waals surface area contributed by atoms with Gasteiger partial charge in [0.15, 0.2) is 0 Å². The molecule has 0 aliphatic heterocycles. The number of hydrogen-bond donors (Lipinski definition) is 0. The molecule has 1 nitrogen and oxygen atoms in total. The molecule has 1 aromatic rings. The van der Waals surface area contributed by atoms with Crippen LogP contribution in [0.15, 0.2) is 5.38 Å². The fourth-order valence-electron chi connectivity index (χ4n) is 0.713. The SMILES string of the molecule is CC(C)(C)c1nc(CBr)cs1. The Morgan fingerprint density at radius 1 is 1.55 bits per heavy atom. The standard InChI is InChI=1S/C8H12BrNS/c1-8(2,3)7-10-6(4-9)5-11-7/h5H,4H2,1-3H3. The van der Waals surface area contributed by atoms with E-state index in [0.29, 0.717) is 0 Å². The van der Waals surface area contributed by atoms with E-state index in [9.17, 15) is 0 Å². The van der Waals surface area contributed by atoms with E-state index in [1.807, 2.05) is 0 Å². The van der Waals surface area contributed by atoms with Gasteiger partial charge >= 0.3 is 0 Å². The molecule has 0 spiro atoms. The van der Waals surface area contributed by atoms with Gasteiger partial charge in [-0.05, 0) is 0 Å².